The molecule has 1 aromatic rings. The summed E-state index contributed by atoms with van der Waals surface area (Å²) in [6, 6.07) is 4.75. The molecule has 3 nitrogen and oxygen atoms in total. The zero-order chi connectivity index (χ0) is 8.97. The van der Waals surface area contributed by atoms with Crippen molar-refractivity contribution in [2.75, 3.05) is 6.54 Å². The van der Waals surface area contributed by atoms with Crippen LogP contribution in [0, 0.1) is 6.42 Å². The molecule has 0 fully saturated rings. The number of phenols is 2. The maximum atomic E-state index is 9.10. The van der Waals surface area contributed by atoms with Crippen molar-refractivity contribution < 1.29 is 10.2 Å². The van der Waals surface area contributed by atoms with E-state index in [4.69, 9.17) is 15.9 Å². The second-order valence-electron chi connectivity index (χ2n) is 2.55. The van der Waals surface area contributed by atoms with Crippen LogP contribution in [0.25, 0.3) is 0 Å². The monoisotopic (exact) mass is 166 g/mol. The first-order valence-electron chi connectivity index (χ1n) is 3.76. The number of hydrogen-bond acceptors (Lipinski definition) is 3. The van der Waals surface area contributed by atoms with Gasteiger partial charge in [0.25, 0.3) is 0 Å². The molecule has 0 aliphatic heterocycles. The van der Waals surface area contributed by atoms with Gasteiger partial charge in [-0.05, 0) is 37.1 Å². The molecule has 0 atom stereocenters. The Labute approximate surface area is 71.5 Å². The summed E-state index contributed by atoms with van der Waals surface area (Å²) >= 11 is 0. The maximum Gasteiger partial charge on any atom is 0.157 e. The number of hydrogen-bond donors (Lipinski definition) is 3. The van der Waals surface area contributed by atoms with E-state index in [1.807, 2.05) is 6.42 Å². The lowest BCUT2D eigenvalue weighted by atomic mass is 10.1. The standard InChI is InChI=1S/C9H12NO2/c10-5-1-2-7-3-4-8(11)9(12)6-7/h1,3-4,6,11-12H,2,5,10H2. The zero-order valence-corrected chi connectivity index (χ0v) is 6.70. The highest BCUT2D eigenvalue weighted by Gasteiger charge is 1.99. The lowest BCUT2D eigenvalue weighted by Crippen LogP contribution is -2.01. The normalized spacial score (nSPS) is 10.1. The van der Waals surface area contributed by atoms with E-state index in [9.17, 15) is 0 Å². The van der Waals surface area contributed by atoms with Crippen molar-refractivity contribution >= 4 is 0 Å². The molecular formula is C9H12NO2. The molecule has 0 aromatic heterocycles. The van der Waals surface area contributed by atoms with Crippen LogP contribution < -0.4 is 5.73 Å². The van der Waals surface area contributed by atoms with Gasteiger partial charge < -0.3 is 15.9 Å². The van der Waals surface area contributed by atoms with Gasteiger partial charge >= 0.3 is 0 Å². The molecule has 0 heterocycles. The van der Waals surface area contributed by atoms with Gasteiger partial charge in [0.15, 0.2) is 11.5 Å². The first-order chi connectivity index (χ1) is 5.74. The van der Waals surface area contributed by atoms with E-state index in [2.05, 4.69) is 0 Å². The minimum Gasteiger partial charge on any atom is -0.504 e. The number of benzene rings is 1. The number of nitrogens with two attached hydrogens (primary N) is 1. The summed E-state index contributed by atoms with van der Waals surface area (Å²) in [6.45, 7) is 0.516. The Morgan fingerprint density at radius 2 is 2.00 bits per heavy atom. The average molecular weight is 166 g/mol. The summed E-state index contributed by atoms with van der Waals surface area (Å²) in [7, 11) is 0. The van der Waals surface area contributed by atoms with E-state index in [0.717, 1.165) is 5.56 Å². The minimum atomic E-state index is -0.0912. The van der Waals surface area contributed by atoms with Crippen LogP contribution in [0.1, 0.15) is 5.56 Å². The van der Waals surface area contributed by atoms with Gasteiger partial charge in [0.2, 0.25) is 0 Å². The molecule has 0 bridgehead atoms. The van der Waals surface area contributed by atoms with Gasteiger partial charge in [0, 0.05) is 0 Å². The summed E-state index contributed by atoms with van der Waals surface area (Å²) in [6.07, 6.45) is 2.61. The number of rotatable bonds is 3. The zero-order valence-electron chi connectivity index (χ0n) is 6.70. The third kappa shape index (κ3) is 2.13. The predicted octanol–water partition coefficient (Wildman–Crippen LogP) is 0.803. The van der Waals surface area contributed by atoms with Gasteiger partial charge in [-0.25, -0.2) is 0 Å². The summed E-state index contributed by atoms with van der Waals surface area (Å²) in [4.78, 5) is 0. The van der Waals surface area contributed by atoms with Crippen molar-refractivity contribution in [1.82, 2.24) is 0 Å². The smallest absolute Gasteiger partial charge is 0.157 e. The van der Waals surface area contributed by atoms with Crippen LogP contribution in [0.15, 0.2) is 18.2 Å². The van der Waals surface area contributed by atoms with Gasteiger partial charge in [0.1, 0.15) is 0 Å². The van der Waals surface area contributed by atoms with E-state index in [0.29, 0.717) is 13.0 Å². The van der Waals surface area contributed by atoms with Crippen LogP contribution in [-0.4, -0.2) is 16.8 Å². The second-order valence-corrected chi connectivity index (χ2v) is 2.55. The van der Waals surface area contributed by atoms with Gasteiger partial charge in [-0.15, -0.1) is 0 Å². The number of aromatic hydroxyl groups is 2. The highest BCUT2D eigenvalue weighted by atomic mass is 16.3. The molecule has 1 aromatic carbocycles. The molecule has 0 aliphatic rings. The molecule has 0 saturated heterocycles. The minimum absolute atomic E-state index is 0.0853. The fraction of sp³-hybridized carbons (Fsp3) is 0.222. The van der Waals surface area contributed by atoms with E-state index in [1.165, 1.54) is 12.1 Å². The maximum absolute atomic E-state index is 9.10. The van der Waals surface area contributed by atoms with Crippen molar-refractivity contribution in [3.05, 3.63) is 30.2 Å². The quantitative estimate of drug-likeness (QED) is 0.582. The molecule has 65 valence electrons. The second kappa shape index (κ2) is 3.97. The van der Waals surface area contributed by atoms with E-state index in [1.54, 1.807) is 6.07 Å². The molecule has 3 heteroatoms. The fourth-order valence-corrected chi connectivity index (χ4v) is 0.946. The first-order valence-corrected chi connectivity index (χ1v) is 3.76. The predicted molar refractivity (Wildman–Crippen MR) is 46.8 cm³/mol. The lowest BCUT2D eigenvalue weighted by Gasteiger charge is -2.01. The molecule has 1 rings (SSSR count). The van der Waals surface area contributed by atoms with Gasteiger partial charge in [-0.2, -0.15) is 0 Å². The Kier molecular flexibility index (Phi) is 2.94. The fourth-order valence-electron chi connectivity index (χ4n) is 0.946. The molecule has 12 heavy (non-hydrogen) atoms. The molecule has 0 saturated carbocycles. The van der Waals surface area contributed by atoms with E-state index >= 15 is 0 Å². The van der Waals surface area contributed by atoms with Crippen LogP contribution in [0.5, 0.6) is 11.5 Å². The van der Waals surface area contributed by atoms with Gasteiger partial charge in [-0.3, -0.25) is 0 Å². The average Bonchev–Trinajstić information content (AvgIpc) is 2.07. The van der Waals surface area contributed by atoms with Crippen molar-refractivity contribution in [2.24, 2.45) is 5.73 Å². The Morgan fingerprint density at radius 1 is 1.25 bits per heavy atom. The Morgan fingerprint density at radius 3 is 2.58 bits per heavy atom. The van der Waals surface area contributed by atoms with Crippen LogP contribution in [-0.2, 0) is 6.42 Å². The summed E-state index contributed by atoms with van der Waals surface area (Å²) in [5, 5.41) is 18.1. The molecule has 0 amide bonds. The molecule has 0 spiro atoms. The summed E-state index contributed by atoms with van der Waals surface area (Å²) < 4.78 is 0. The van der Waals surface area contributed by atoms with Crippen molar-refractivity contribution in [3.8, 4) is 11.5 Å². The molecule has 0 aliphatic carbocycles. The Balaban J connectivity index is 2.69. The Bertz CT molecular complexity index is 261. The topological polar surface area (TPSA) is 66.5 Å². The van der Waals surface area contributed by atoms with Crippen LogP contribution in [0.3, 0.4) is 0 Å². The summed E-state index contributed by atoms with van der Waals surface area (Å²) in [5.74, 6) is -0.176. The first kappa shape index (κ1) is 8.87. The third-order valence-corrected chi connectivity index (χ3v) is 1.59. The molecule has 0 unspecified atom stereocenters. The number of phenolic OH excluding ortho intramolecular Hbond substituents is 2. The van der Waals surface area contributed by atoms with Gasteiger partial charge in [0.05, 0.1) is 0 Å². The van der Waals surface area contributed by atoms with Crippen molar-refractivity contribution in [3.63, 3.8) is 0 Å². The van der Waals surface area contributed by atoms with Crippen LogP contribution >= 0.6 is 0 Å². The molecular weight excluding hydrogens is 154 g/mol. The van der Waals surface area contributed by atoms with E-state index < -0.39 is 0 Å². The van der Waals surface area contributed by atoms with Crippen LogP contribution in [0.4, 0.5) is 0 Å². The van der Waals surface area contributed by atoms with Crippen molar-refractivity contribution in [1.29, 1.82) is 0 Å². The van der Waals surface area contributed by atoms with Gasteiger partial charge in [-0.1, -0.05) is 6.07 Å². The molecule has 4 N–H and O–H groups in total. The van der Waals surface area contributed by atoms with Crippen LogP contribution in [0.2, 0.25) is 0 Å². The SMILES string of the molecule is NC[CH]Cc1ccc(O)c(O)c1. The summed E-state index contributed by atoms with van der Waals surface area (Å²) in [5.41, 5.74) is 6.22. The highest BCUT2D eigenvalue weighted by Crippen LogP contribution is 2.25. The third-order valence-electron chi connectivity index (χ3n) is 1.59. The largest absolute Gasteiger partial charge is 0.504 e. The Hall–Kier alpha value is -1.22. The van der Waals surface area contributed by atoms with E-state index in [-0.39, 0.29) is 11.5 Å². The highest BCUT2D eigenvalue weighted by molar-refractivity contribution is 5.40. The van der Waals surface area contributed by atoms with Crippen molar-refractivity contribution in [2.45, 2.75) is 6.42 Å². The lowest BCUT2D eigenvalue weighted by molar-refractivity contribution is 0.403. The molecule has 1 radical (unpaired) electrons.